The molecule has 0 bridgehead atoms. The normalized spacial score (nSPS) is 33.5. The quantitative estimate of drug-likeness (QED) is 0.497. The Kier molecular flexibility index (Phi) is 1.71. The van der Waals surface area contributed by atoms with Crippen LogP contribution in [0.3, 0.4) is 0 Å². The lowest BCUT2D eigenvalue weighted by molar-refractivity contribution is -0.160. The van der Waals surface area contributed by atoms with E-state index in [0.29, 0.717) is 0 Å². The van der Waals surface area contributed by atoms with Crippen molar-refractivity contribution >= 4 is 21.9 Å². The molecular weight excluding hydrogens is 208 g/mol. The lowest BCUT2D eigenvalue weighted by Gasteiger charge is -2.26. The van der Waals surface area contributed by atoms with Gasteiger partial charge < -0.3 is 4.74 Å². The first-order chi connectivity index (χ1) is 5.27. The summed E-state index contributed by atoms with van der Waals surface area (Å²) in [6, 6.07) is 0. The van der Waals surface area contributed by atoms with Crippen molar-refractivity contribution in [2.45, 2.75) is 31.8 Å². The predicted molar refractivity (Wildman–Crippen MR) is 44.6 cm³/mol. The molecule has 3 heteroatoms. The Morgan fingerprint density at radius 3 is 2.73 bits per heavy atom. The van der Waals surface area contributed by atoms with Crippen molar-refractivity contribution in [1.82, 2.24) is 0 Å². The van der Waals surface area contributed by atoms with E-state index in [9.17, 15) is 4.79 Å². The fraction of sp³-hybridized carbons (Fsp3) is 0.875. The second-order valence-corrected chi connectivity index (χ2v) is 4.15. The van der Waals surface area contributed by atoms with Crippen LogP contribution < -0.4 is 0 Å². The number of cyclic esters (lactones) is 1. The molecule has 1 saturated carbocycles. The van der Waals surface area contributed by atoms with Gasteiger partial charge in [-0.15, -0.1) is 0 Å². The van der Waals surface area contributed by atoms with E-state index in [2.05, 4.69) is 15.9 Å². The molecule has 1 atom stereocenters. The van der Waals surface area contributed by atoms with Gasteiger partial charge in [-0.25, -0.2) is 0 Å². The Morgan fingerprint density at radius 2 is 2.27 bits per heavy atom. The van der Waals surface area contributed by atoms with Gasteiger partial charge in [0.2, 0.25) is 0 Å². The van der Waals surface area contributed by atoms with E-state index < -0.39 is 0 Å². The molecule has 0 amide bonds. The molecule has 1 aliphatic heterocycles. The summed E-state index contributed by atoms with van der Waals surface area (Å²) in [5, 5.41) is 0.787. The first kappa shape index (κ1) is 7.59. The van der Waals surface area contributed by atoms with Gasteiger partial charge in [-0.1, -0.05) is 15.9 Å². The average molecular weight is 219 g/mol. The minimum Gasteiger partial charge on any atom is -0.461 e. The van der Waals surface area contributed by atoms with Crippen LogP contribution in [0.4, 0.5) is 0 Å². The van der Waals surface area contributed by atoms with Crippen LogP contribution in [0.1, 0.15) is 25.7 Å². The minimum atomic E-state index is -0.0152. The Hall–Kier alpha value is -0.0500. The highest BCUT2D eigenvalue weighted by Gasteiger charge is 2.53. The predicted octanol–water partition coefficient (Wildman–Crippen LogP) is 1.87. The van der Waals surface area contributed by atoms with Crippen molar-refractivity contribution in [3.8, 4) is 0 Å². The summed E-state index contributed by atoms with van der Waals surface area (Å²) in [4.78, 5) is 11.3. The van der Waals surface area contributed by atoms with Crippen molar-refractivity contribution in [3.05, 3.63) is 0 Å². The zero-order valence-corrected chi connectivity index (χ0v) is 7.89. The summed E-state index contributed by atoms with van der Waals surface area (Å²) in [5.74, 6) is 0.0493. The molecule has 2 aliphatic rings. The maximum atomic E-state index is 11.3. The fourth-order valence-corrected chi connectivity index (χ4v) is 2.04. The number of carbonyl (C=O) groups excluding carboxylic acids is 1. The summed E-state index contributed by atoms with van der Waals surface area (Å²) in [6.07, 6.45) is 4.33. The highest BCUT2D eigenvalue weighted by Crippen LogP contribution is 2.53. The van der Waals surface area contributed by atoms with Crippen LogP contribution >= 0.6 is 15.9 Å². The van der Waals surface area contributed by atoms with Crippen LogP contribution in [0.25, 0.3) is 0 Å². The van der Waals surface area contributed by atoms with E-state index in [1.165, 1.54) is 0 Å². The molecule has 1 unspecified atom stereocenters. The summed E-state index contributed by atoms with van der Waals surface area (Å²) in [6.45, 7) is 0. The third-order valence-electron chi connectivity index (χ3n) is 2.68. The van der Waals surface area contributed by atoms with Gasteiger partial charge in [0.05, 0.1) is 5.41 Å². The molecule has 1 aliphatic carbocycles. The maximum absolute atomic E-state index is 11.3. The van der Waals surface area contributed by atoms with Crippen LogP contribution in [0.2, 0.25) is 0 Å². The van der Waals surface area contributed by atoms with Crippen LogP contribution in [0.5, 0.6) is 0 Å². The number of rotatable bonds is 1. The minimum absolute atomic E-state index is 0.0152. The summed E-state index contributed by atoms with van der Waals surface area (Å²) < 4.78 is 5.23. The molecule has 1 heterocycles. The molecular formula is C8H11BrO2. The number of ether oxygens (including phenoxy) is 1. The van der Waals surface area contributed by atoms with E-state index in [4.69, 9.17) is 4.74 Å². The van der Waals surface area contributed by atoms with Gasteiger partial charge >= 0.3 is 5.97 Å². The van der Waals surface area contributed by atoms with Gasteiger partial charge in [-0.05, 0) is 25.7 Å². The second kappa shape index (κ2) is 2.47. The molecule has 0 N–H and O–H groups in total. The maximum Gasteiger partial charge on any atom is 0.312 e. The number of halogens is 1. The van der Waals surface area contributed by atoms with E-state index in [1.54, 1.807) is 0 Å². The second-order valence-electron chi connectivity index (χ2n) is 3.50. The molecule has 0 aromatic rings. The lowest BCUT2D eigenvalue weighted by Crippen LogP contribution is -2.33. The number of esters is 1. The van der Waals surface area contributed by atoms with E-state index in [0.717, 1.165) is 31.0 Å². The molecule has 11 heavy (non-hydrogen) atoms. The van der Waals surface area contributed by atoms with Crippen molar-refractivity contribution in [1.29, 1.82) is 0 Å². The molecule has 0 radical (unpaired) electrons. The van der Waals surface area contributed by atoms with Gasteiger partial charge in [0.25, 0.3) is 0 Å². The molecule has 0 aromatic carbocycles. The first-order valence-electron chi connectivity index (χ1n) is 4.04. The van der Waals surface area contributed by atoms with Crippen LogP contribution in [-0.2, 0) is 9.53 Å². The molecule has 62 valence electrons. The smallest absolute Gasteiger partial charge is 0.312 e. The van der Waals surface area contributed by atoms with Crippen molar-refractivity contribution < 1.29 is 9.53 Å². The van der Waals surface area contributed by atoms with Crippen molar-refractivity contribution in [2.24, 2.45) is 5.41 Å². The third kappa shape index (κ3) is 1.19. The zero-order valence-electron chi connectivity index (χ0n) is 6.31. The highest BCUT2D eigenvalue weighted by atomic mass is 79.9. The number of alkyl halides is 1. The molecule has 2 nitrogen and oxygen atoms in total. The van der Waals surface area contributed by atoms with E-state index in [1.807, 2.05) is 0 Å². The largest absolute Gasteiger partial charge is 0.461 e. The standard InChI is InChI=1S/C8H11BrO2/c9-5-6-1-2-8(3-4-8)7(10)11-6/h6H,1-5H2. The van der Waals surface area contributed by atoms with Crippen LogP contribution in [0.15, 0.2) is 0 Å². The molecule has 1 spiro atoms. The third-order valence-corrected chi connectivity index (χ3v) is 3.40. The van der Waals surface area contributed by atoms with E-state index in [-0.39, 0.29) is 17.5 Å². The fourth-order valence-electron chi connectivity index (χ4n) is 1.59. The van der Waals surface area contributed by atoms with Gasteiger partial charge in [-0.2, -0.15) is 0 Å². The van der Waals surface area contributed by atoms with Crippen LogP contribution in [-0.4, -0.2) is 17.4 Å². The average Bonchev–Trinajstić information content (AvgIpc) is 2.77. The molecule has 2 fully saturated rings. The number of carbonyl (C=O) groups is 1. The number of hydrogen-bond acceptors (Lipinski definition) is 2. The molecule has 2 rings (SSSR count). The highest BCUT2D eigenvalue weighted by molar-refractivity contribution is 9.09. The lowest BCUT2D eigenvalue weighted by atomic mass is 9.95. The Labute approximate surface area is 74.4 Å². The van der Waals surface area contributed by atoms with Gasteiger partial charge in [0, 0.05) is 5.33 Å². The Morgan fingerprint density at radius 1 is 1.55 bits per heavy atom. The van der Waals surface area contributed by atoms with Gasteiger partial charge in [0.1, 0.15) is 6.10 Å². The van der Waals surface area contributed by atoms with Crippen molar-refractivity contribution in [3.63, 3.8) is 0 Å². The summed E-state index contributed by atoms with van der Waals surface area (Å²) in [7, 11) is 0. The summed E-state index contributed by atoms with van der Waals surface area (Å²) >= 11 is 3.32. The van der Waals surface area contributed by atoms with Crippen molar-refractivity contribution in [2.75, 3.05) is 5.33 Å². The first-order valence-corrected chi connectivity index (χ1v) is 5.16. The van der Waals surface area contributed by atoms with Crippen LogP contribution in [0, 0.1) is 5.41 Å². The topological polar surface area (TPSA) is 26.3 Å². The zero-order chi connectivity index (χ0) is 7.90. The summed E-state index contributed by atoms with van der Waals surface area (Å²) in [5.41, 5.74) is -0.0152. The molecule has 0 aromatic heterocycles. The monoisotopic (exact) mass is 218 g/mol. The molecule has 1 saturated heterocycles. The van der Waals surface area contributed by atoms with Gasteiger partial charge in [0.15, 0.2) is 0 Å². The van der Waals surface area contributed by atoms with Gasteiger partial charge in [-0.3, -0.25) is 4.79 Å². The Balaban J connectivity index is 2.00. The number of hydrogen-bond donors (Lipinski definition) is 0. The Bertz CT molecular complexity index is 187. The SMILES string of the molecule is O=C1OC(CBr)CCC12CC2. The van der Waals surface area contributed by atoms with E-state index >= 15 is 0 Å².